The lowest BCUT2D eigenvalue weighted by Crippen LogP contribution is -2.41. The lowest BCUT2D eigenvalue weighted by Gasteiger charge is -2.35. The Morgan fingerprint density at radius 2 is 2.33 bits per heavy atom. The van der Waals surface area contributed by atoms with E-state index in [1.165, 1.54) is 12.1 Å². The topological polar surface area (TPSA) is 75.0 Å². The van der Waals surface area contributed by atoms with Crippen LogP contribution in [0.5, 0.6) is 0 Å². The van der Waals surface area contributed by atoms with Gasteiger partial charge in [-0.3, -0.25) is 4.79 Å². The summed E-state index contributed by atoms with van der Waals surface area (Å²) >= 11 is 0. The maximum Gasteiger partial charge on any atom is 0.224 e. The van der Waals surface area contributed by atoms with Gasteiger partial charge in [-0.2, -0.15) is 0 Å². The Labute approximate surface area is 141 Å². The highest BCUT2D eigenvalue weighted by Gasteiger charge is 2.30. The van der Waals surface area contributed by atoms with Crippen LogP contribution >= 0.6 is 0 Å². The van der Waals surface area contributed by atoms with Gasteiger partial charge in [-0.05, 0) is 38.3 Å². The molecule has 0 spiro atoms. The monoisotopic (exact) mass is 330 g/mol. The summed E-state index contributed by atoms with van der Waals surface area (Å²) in [5, 5.41) is 0. The van der Waals surface area contributed by atoms with Gasteiger partial charge in [0, 0.05) is 24.6 Å². The number of hydrogen-bond donors (Lipinski definition) is 2. The number of carbonyl (C=O) groups excluding carboxylic acids is 1. The van der Waals surface area contributed by atoms with Crippen LogP contribution in [0.25, 0.3) is 11.3 Å². The van der Waals surface area contributed by atoms with Crippen molar-refractivity contribution in [1.82, 2.24) is 14.9 Å². The first kappa shape index (κ1) is 16.6. The van der Waals surface area contributed by atoms with Crippen molar-refractivity contribution in [2.24, 2.45) is 5.73 Å². The molecule has 128 valence electrons. The number of imidazole rings is 1. The van der Waals surface area contributed by atoms with Crippen LogP contribution in [0.2, 0.25) is 0 Å². The van der Waals surface area contributed by atoms with Crippen molar-refractivity contribution in [2.45, 2.75) is 44.7 Å². The largest absolute Gasteiger partial charge is 0.340 e. The molecular weight excluding hydrogens is 307 g/mol. The van der Waals surface area contributed by atoms with Crippen molar-refractivity contribution in [2.75, 3.05) is 6.54 Å². The van der Waals surface area contributed by atoms with Gasteiger partial charge < -0.3 is 15.6 Å². The van der Waals surface area contributed by atoms with Crippen LogP contribution in [0.1, 0.15) is 44.5 Å². The Balaban J connectivity index is 1.83. The number of nitrogens with two attached hydrogens (primary N) is 1. The number of hydrogen-bond acceptors (Lipinski definition) is 3. The summed E-state index contributed by atoms with van der Waals surface area (Å²) in [6.45, 7) is 2.57. The Hall–Kier alpha value is -2.21. The molecule has 2 atom stereocenters. The second kappa shape index (κ2) is 7.13. The first-order valence-electron chi connectivity index (χ1n) is 8.40. The van der Waals surface area contributed by atoms with Crippen LogP contribution in [-0.4, -0.2) is 33.4 Å². The SMILES string of the molecule is CC(N)CC(=O)N1CCCCC1c1ncc(-c2cccc(F)c2)[nH]1. The predicted octanol–water partition coefficient (Wildman–Crippen LogP) is 3.01. The zero-order chi connectivity index (χ0) is 17.1. The van der Waals surface area contributed by atoms with E-state index in [-0.39, 0.29) is 23.8 Å². The van der Waals surface area contributed by atoms with Gasteiger partial charge in [0.25, 0.3) is 0 Å². The highest BCUT2D eigenvalue weighted by atomic mass is 19.1. The quantitative estimate of drug-likeness (QED) is 0.905. The predicted molar refractivity (Wildman–Crippen MR) is 90.6 cm³/mol. The first-order chi connectivity index (χ1) is 11.5. The average Bonchev–Trinajstić information content (AvgIpc) is 3.04. The highest BCUT2D eigenvalue weighted by Crippen LogP contribution is 2.31. The van der Waals surface area contributed by atoms with Crippen LogP contribution in [0, 0.1) is 5.82 Å². The number of likely N-dealkylation sites (tertiary alicyclic amines) is 1. The van der Waals surface area contributed by atoms with Crippen molar-refractivity contribution < 1.29 is 9.18 Å². The van der Waals surface area contributed by atoms with E-state index in [1.807, 2.05) is 17.9 Å². The van der Waals surface area contributed by atoms with Crippen LogP contribution in [-0.2, 0) is 4.79 Å². The van der Waals surface area contributed by atoms with Crippen LogP contribution in [0.3, 0.4) is 0 Å². The number of amides is 1. The van der Waals surface area contributed by atoms with Gasteiger partial charge in [0.2, 0.25) is 5.91 Å². The number of carbonyl (C=O) groups is 1. The molecule has 2 heterocycles. The fourth-order valence-electron chi connectivity index (χ4n) is 3.22. The van der Waals surface area contributed by atoms with Gasteiger partial charge in [0.1, 0.15) is 11.6 Å². The second-order valence-corrected chi connectivity index (χ2v) is 6.47. The fourth-order valence-corrected chi connectivity index (χ4v) is 3.22. The third-order valence-corrected chi connectivity index (χ3v) is 4.37. The minimum Gasteiger partial charge on any atom is -0.340 e. The highest BCUT2D eigenvalue weighted by molar-refractivity contribution is 5.77. The molecule has 2 unspecified atom stereocenters. The van der Waals surface area contributed by atoms with Crippen LogP contribution in [0.4, 0.5) is 4.39 Å². The molecule has 0 aliphatic carbocycles. The van der Waals surface area contributed by atoms with Crippen molar-refractivity contribution in [3.8, 4) is 11.3 Å². The third-order valence-electron chi connectivity index (χ3n) is 4.37. The molecule has 1 aliphatic heterocycles. The zero-order valence-corrected chi connectivity index (χ0v) is 13.8. The molecule has 0 saturated carbocycles. The van der Waals surface area contributed by atoms with E-state index in [0.717, 1.165) is 42.9 Å². The summed E-state index contributed by atoms with van der Waals surface area (Å²) in [5.41, 5.74) is 7.28. The minimum atomic E-state index is -0.282. The number of H-pyrrole nitrogens is 1. The van der Waals surface area contributed by atoms with E-state index in [0.29, 0.717) is 6.42 Å². The molecule has 1 amide bonds. The fraction of sp³-hybridized carbons (Fsp3) is 0.444. The number of halogens is 1. The van der Waals surface area contributed by atoms with Crippen molar-refractivity contribution in [3.05, 3.63) is 42.1 Å². The average molecular weight is 330 g/mol. The number of piperidine rings is 1. The van der Waals surface area contributed by atoms with Gasteiger partial charge >= 0.3 is 0 Å². The maximum absolute atomic E-state index is 13.4. The van der Waals surface area contributed by atoms with E-state index in [1.54, 1.807) is 12.3 Å². The number of aromatic amines is 1. The van der Waals surface area contributed by atoms with E-state index in [9.17, 15) is 9.18 Å². The molecular formula is C18H23FN4O. The summed E-state index contributed by atoms with van der Waals surface area (Å²) < 4.78 is 13.4. The smallest absolute Gasteiger partial charge is 0.224 e. The number of aromatic nitrogens is 2. The summed E-state index contributed by atoms with van der Waals surface area (Å²) in [7, 11) is 0. The minimum absolute atomic E-state index is 0.0627. The molecule has 3 N–H and O–H groups in total. The Morgan fingerprint density at radius 1 is 1.50 bits per heavy atom. The standard InChI is InChI=1S/C18H23FN4O/c1-12(20)9-17(24)23-8-3-2-7-16(23)18-21-11-15(22-18)13-5-4-6-14(19)10-13/h4-6,10-12,16H,2-3,7-9,20H2,1H3,(H,21,22). The summed E-state index contributed by atoms with van der Waals surface area (Å²) in [6.07, 6.45) is 4.98. The third kappa shape index (κ3) is 3.64. The molecule has 0 bridgehead atoms. The number of benzene rings is 1. The van der Waals surface area contributed by atoms with Crippen molar-refractivity contribution in [1.29, 1.82) is 0 Å². The summed E-state index contributed by atoms with van der Waals surface area (Å²) in [5.74, 6) is 0.542. The van der Waals surface area contributed by atoms with E-state index >= 15 is 0 Å². The van der Waals surface area contributed by atoms with E-state index in [4.69, 9.17) is 5.73 Å². The lowest BCUT2D eigenvalue weighted by atomic mass is 10.0. The van der Waals surface area contributed by atoms with Gasteiger partial charge in [-0.25, -0.2) is 9.37 Å². The molecule has 1 aromatic heterocycles. The summed E-state index contributed by atoms with van der Waals surface area (Å²) in [6, 6.07) is 6.17. The van der Waals surface area contributed by atoms with Crippen LogP contribution < -0.4 is 5.73 Å². The molecule has 5 nitrogen and oxygen atoms in total. The normalized spacial score (nSPS) is 19.3. The first-order valence-corrected chi connectivity index (χ1v) is 8.40. The number of rotatable bonds is 4. The molecule has 0 radical (unpaired) electrons. The Bertz CT molecular complexity index is 713. The summed E-state index contributed by atoms with van der Waals surface area (Å²) in [4.78, 5) is 22.1. The molecule has 2 aromatic rings. The van der Waals surface area contributed by atoms with Crippen molar-refractivity contribution in [3.63, 3.8) is 0 Å². The molecule has 24 heavy (non-hydrogen) atoms. The Kier molecular flexibility index (Phi) is 4.94. The lowest BCUT2D eigenvalue weighted by molar-refractivity contribution is -0.135. The number of nitrogens with zero attached hydrogens (tertiary/aromatic N) is 2. The molecule has 1 aliphatic rings. The molecule has 6 heteroatoms. The second-order valence-electron chi connectivity index (χ2n) is 6.47. The number of nitrogens with one attached hydrogen (secondary N) is 1. The van der Waals surface area contributed by atoms with Gasteiger partial charge in [-0.1, -0.05) is 12.1 Å². The van der Waals surface area contributed by atoms with Gasteiger partial charge in [-0.15, -0.1) is 0 Å². The molecule has 1 saturated heterocycles. The van der Waals surface area contributed by atoms with E-state index < -0.39 is 0 Å². The van der Waals surface area contributed by atoms with Gasteiger partial charge in [0.05, 0.1) is 17.9 Å². The van der Waals surface area contributed by atoms with Crippen LogP contribution in [0.15, 0.2) is 30.5 Å². The van der Waals surface area contributed by atoms with E-state index in [2.05, 4.69) is 9.97 Å². The zero-order valence-electron chi connectivity index (χ0n) is 13.8. The maximum atomic E-state index is 13.4. The van der Waals surface area contributed by atoms with Gasteiger partial charge in [0.15, 0.2) is 0 Å². The van der Waals surface area contributed by atoms with Crippen molar-refractivity contribution >= 4 is 5.91 Å². The molecule has 1 fully saturated rings. The molecule has 3 rings (SSSR count). The Morgan fingerprint density at radius 3 is 3.08 bits per heavy atom. The molecule has 1 aromatic carbocycles.